The Hall–Kier alpha value is -1.55. The summed E-state index contributed by atoms with van der Waals surface area (Å²) in [4.78, 5) is 2.47. The second-order valence-electron chi connectivity index (χ2n) is 10.1. The molecule has 0 radical (unpaired) electrons. The summed E-state index contributed by atoms with van der Waals surface area (Å²) in [6.45, 7) is 16.2. The lowest BCUT2D eigenvalue weighted by atomic mass is 9.77. The van der Waals surface area contributed by atoms with Crippen LogP contribution >= 0.6 is 11.6 Å². The molecular weight excluding hydrogens is 382 g/mol. The fraction of sp³-hybridized carbons (Fsp3) is 0.520. The number of morpholine rings is 1. The first-order chi connectivity index (χ1) is 13.5. The van der Waals surface area contributed by atoms with Crippen molar-refractivity contribution in [3.05, 3.63) is 63.7 Å². The van der Waals surface area contributed by atoms with Gasteiger partial charge in [0.1, 0.15) is 5.75 Å². The van der Waals surface area contributed by atoms with E-state index in [4.69, 9.17) is 16.3 Å². The summed E-state index contributed by atoms with van der Waals surface area (Å²) < 4.78 is 5.61. The Balaban J connectivity index is 2.22. The van der Waals surface area contributed by atoms with Crippen LogP contribution in [0.4, 0.5) is 0 Å². The van der Waals surface area contributed by atoms with Crippen molar-refractivity contribution in [2.75, 3.05) is 26.3 Å². The van der Waals surface area contributed by atoms with Crippen LogP contribution in [0.15, 0.2) is 36.4 Å². The number of hydrogen-bond donors (Lipinski definition) is 1. The van der Waals surface area contributed by atoms with Crippen molar-refractivity contribution in [3.63, 3.8) is 0 Å². The second kappa shape index (κ2) is 8.29. The highest BCUT2D eigenvalue weighted by Crippen LogP contribution is 2.43. The predicted molar refractivity (Wildman–Crippen MR) is 121 cm³/mol. The van der Waals surface area contributed by atoms with Gasteiger partial charge in [-0.05, 0) is 57.3 Å². The molecule has 1 unspecified atom stereocenters. The fourth-order valence-corrected chi connectivity index (χ4v) is 4.18. The molecule has 3 rings (SSSR count). The van der Waals surface area contributed by atoms with Gasteiger partial charge in [0.05, 0.1) is 19.3 Å². The Morgan fingerprint density at radius 3 is 1.79 bits per heavy atom. The molecule has 2 aromatic rings. The van der Waals surface area contributed by atoms with Crippen LogP contribution in [0.1, 0.15) is 69.8 Å². The largest absolute Gasteiger partial charge is 0.507 e. The third-order valence-corrected chi connectivity index (χ3v) is 5.91. The summed E-state index contributed by atoms with van der Waals surface area (Å²) in [5.41, 5.74) is 4.09. The van der Waals surface area contributed by atoms with Gasteiger partial charge in [0, 0.05) is 18.1 Å². The summed E-state index contributed by atoms with van der Waals surface area (Å²) in [6, 6.07) is 12.6. The molecule has 3 nitrogen and oxygen atoms in total. The number of benzene rings is 2. The summed E-state index contributed by atoms with van der Waals surface area (Å²) in [6.07, 6.45) is 0. The average Bonchev–Trinajstić information content (AvgIpc) is 2.63. The number of nitrogens with zero attached hydrogens (tertiary/aromatic N) is 1. The van der Waals surface area contributed by atoms with Crippen LogP contribution in [0, 0.1) is 0 Å². The molecule has 2 aromatic carbocycles. The molecule has 1 fully saturated rings. The maximum Gasteiger partial charge on any atom is 0.123 e. The zero-order chi connectivity index (χ0) is 21.4. The van der Waals surface area contributed by atoms with Gasteiger partial charge in [-0.1, -0.05) is 65.3 Å². The van der Waals surface area contributed by atoms with E-state index in [2.05, 4.69) is 70.7 Å². The first kappa shape index (κ1) is 22.1. The normalized spacial score (nSPS) is 17.3. The quantitative estimate of drug-likeness (QED) is 0.661. The lowest BCUT2D eigenvalue weighted by Gasteiger charge is -2.37. The van der Waals surface area contributed by atoms with Crippen molar-refractivity contribution >= 4 is 11.6 Å². The summed E-state index contributed by atoms with van der Waals surface area (Å²) >= 11 is 6.17. The Morgan fingerprint density at radius 2 is 1.34 bits per heavy atom. The average molecular weight is 416 g/mol. The zero-order valence-electron chi connectivity index (χ0n) is 18.6. The molecule has 1 aliphatic heterocycles. The Kier molecular flexibility index (Phi) is 6.33. The Bertz CT molecular complexity index is 806. The van der Waals surface area contributed by atoms with E-state index in [1.54, 1.807) is 0 Å². The molecule has 1 aliphatic rings. The van der Waals surface area contributed by atoms with Gasteiger partial charge in [0.15, 0.2) is 0 Å². The van der Waals surface area contributed by atoms with Crippen LogP contribution < -0.4 is 0 Å². The molecule has 0 aromatic heterocycles. The van der Waals surface area contributed by atoms with Gasteiger partial charge in [-0.3, -0.25) is 4.90 Å². The minimum atomic E-state index is -0.157. The number of ether oxygens (including phenoxy) is 1. The molecule has 0 amide bonds. The van der Waals surface area contributed by atoms with Gasteiger partial charge in [0.25, 0.3) is 0 Å². The maximum absolute atomic E-state index is 11.1. The van der Waals surface area contributed by atoms with Crippen LogP contribution in [-0.2, 0) is 15.6 Å². The second-order valence-corrected chi connectivity index (χ2v) is 10.5. The molecule has 1 N–H and O–H groups in total. The molecule has 0 saturated carbocycles. The van der Waals surface area contributed by atoms with E-state index in [0.29, 0.717) is 5.75 Å². The van der Waals surface area contributed by atoms with Crippen LogP contribution in [0.5, 0.6) is 5.75 Å². The molecule has 158 valence electrons. The highest BCUT2D eigenvalue weighted by Gasteiger charge is 2.31. The standard InChI is InChI=1S/C25H34ClNO2/c1-24(2,3)20-15-18(16-21(23(20)28)25(4,5)6)22(27-11-13-29-14-12-27)17-7-9-19(26)10-8-17/h7-10,15-16,22,28H,11-14H2,1-6H3. The first-order valence-electron chi connectivity index (χ1n) is 10.4. The van der Waals surface area contributed by atoms with Crippen LogP contribution in [0.2, 0.25) is 5.02 Å². The monoisotopic (exact) mass is 415 g/mol. The van der Waals surface area contributed by atoms with Crippen molar-refractivity contribution in [2.24, 2.45) is 0 Å². The van der Waals surface area contributed by atoms with Gasteiger partial charge in [-0.2, -0.15) is 0 Å². The minimum absolute atomic E-state index is 0.0963. The molecule has 0 bridgehead atoms. The Labute approximate surface area is 180 Å². The third kappa shape index (κ3) is 4.96. The van der Waals surface area contributed by atoms with Gasteiger partial charge in [-0.15, -0.1) is 0 Å². The van der Waals surface area contributed by atoms with Gasteiger partial charge in [0.2, 0.25) is 0 Å². The number of halogens is 1. The van der Waals surface area contributed by atoms with Crippen LogP contribution in [0.25, 0.3) is 0 Å². The number of rotatable bonds is 3. The molecular formula is C25H34ClNO2. The van der Waals surface area contributed by atoms with Crippen molar-refractivity contribution in [3.8, 4) is 5.75 Å². The molecule has 4 heteroatoms. The molecule has 29 heavy (non-hydrogen) atoms. The van der Waals surface area contributed by atoms with Crippen molar-refractivity contribution in [1.29, 1.82) is 0 Å². The maximum atomic E-state index is 11.1. The summed E-state index contributed by atoms with van der Waals surface area (Å²) in [7, 11) is 0. The predicted octanol–water partition coefficient (Wildman–Crippen LogP) is 6.06. The lowest BCUT2D eigenvalue weighted by molar-refractivity contribution is 0.0239. The highest BCUT2D eigenvalue weighted by atomic mass is 35.5. The SMILES string of the molecule is CC(C)(C)c1cc(C(c2ccc(Cl)cc2)N2CCOCC2)cc(C(C)(C)C)c1O. The van der Waals surface area contributed by atoms with E-state index < -0.39 is 0 Å². The third-order valence-electron chi connectivity index (χ3n) is 5.66. The molecule has 0 aliphatic carbocycles. The van der Waals surface area contributed by atoms with E-state index in [0.717, 1.165) is 42.5 Å². The highest BCUT2D eigenvalue weighted by molar-refractivity contribution is 6.30. The summed E-state index contributed by atoms with van der Waals surface area (Å²) in [5.74, 6) is 0.422. The number of aromatic hydroxyl groups is 1. The smallest absolute Gasteiger partial charge is 0.123 e. The van der Waals surface area contributed by atoms with Crippen molar-refractivity contribution < 1.29 is 9.84 Å². The Morgan fingerprint density at radius 1 is 0.862 bits per heavy atom. The molecule has 1 saturated heterocycles. The fourth-order valence-electron chi connectivity index (χ4n) is 4.05. The molecule has 1 atom stereocenters. The van der Waals surface area contributed by atoms with E-state index in [9.17, 15) is 5.11 Å². The van der Waals surface area contributed by atoms with Crippen molar-refractivity contribution in [1.82, 2.24) is 4.90 Å². The van der Waals surface area contributed by atoms with Gasteiger partial charge in [-0.25, -0.2) is 0 Å². The van der Waals surface area contributed by atoms with Crippen LogP contribution in [0.3, 0.4) is 0 Å². The number of hydrogen-bond acceptors (Lipinski definition) is 3. The van der Waals surface area contributed by atoms with E-state index in [1.165, 1.54) is 11.1 Å². The zero-order valence-corrected chi connectivity index (χ0v) is 19.3. The lowest BCUT2D eigenvalue weighted by Crippen LogP contribution is -2.39. The van der Waals surface area contributed by atoms with Gasteiger partial charge >= 0.3 is 0 Å². The van der Waals surface area contributed by atoms with E-state index >= 15 is 0 Å². The minimum Gasteiger partial charge on any atom is -0.507 e. The van der Waals surface area contributed by atoms with Crippen LogP contribution in [-0.4, -0.2) is 36.3 Å². The number of phenols is 1. The molecule has 1 heterocycles. The van der Waals surface area contributed by atoms with Gasteiger partial charge < -0.3 is 9.84 Å². The van der Waals surface area contributed by atoms with Crippen molar-refractivity contribution in [2.45, 2.75) is 58.4 Å². The summed E-state index contributed by atoms with van der Waals surface area (Å²) in [5, 5.41) is 11.9. The molecule has 0 spiro atoms. The van der Waals surface area contributed by atoms with E-state index in [-0.39, 0.29) is 16.9 Å². The topological polar surface area (TPSA) is 32.7 Å². The first-order valence-corrected chi connectivity index (χ1v) is 10.8. The van der Waals surface area contributed by atoms with E-state index in [1.807, 2.05) is 12.1 Å². The number of phenolic OH excluding ortho intramolecular Hbond substituents is 1.